The van der Waals surface area contributed by atoms with Crippen molar-refractivity contribution < 1.29 is 19.1 Å². The van der Waals surface area contributed by atoms with Crippen molar-refractivity contribution in [2.24, 2.45) is 11.3 Å². The maximum atomic E-state index is 13.8. The van der Waals surface area contributed by atoms with Crippen LogP contribution in [-0.2, 0) is 9.59 Å². The van der Waals surface area contributed by atoms with Gasteiger partial charge in [-0.2, -0.15) is 5.26 Å². The molecule has 196 valence electrons. The Morgan fingerprint density at radius 2 is 2.08 bits per heavy atom. The predicted octanol–water partition coefficient (Wildman–Crippen LogP) is 3.27. The van der Waals surface area contributed by atoms with Crippen molar-refractivity contribution in [2.45, 2.75) is 69.9 Å². The van der Waals surface area contributed by atoms with Gasteiger partial charge in [0.25, 0.3) is 5.91 Å². The molecule has 0 radical (unpaired) electrons. The highest BCUT2D eigenvalue weighted by atomic mass is 16.5. The smallest absolute Gasteiger partial charge is 0.271 e. The van der Waals surface area contributed by atoms with Gasteiger partial charge in [-0.1, -0.05) is 25.3 Å². The highest BCUT2D eigenvalue weighted by molar-refractivity contribution is 6.02. The molecule has 3 fully saturated rings. The average Bonchev–Trinajstić information content (AvgIpc) is 3.51. The molecule has 3 N–H and O–H groups in total. The number of benzene rings is 1. The molecule has 3 amide bonds. The first kappa shape index (κ1) is 25.1. The molecule has 2 unspecified atom stereocenters. The molecule has 1 aromatic carbocycles. The molecule has 1 aliphatic carbocycles. The summed E-state index contributed by atoms with van der Waals surface area (Å²) in [5, 5.41) is 16.3. The Bertz CT molecular complexity index is 1220. The van der Waals surface area contributed by atoms with Crippen LogP contribution in [0.5, 0.6) is 5.75 Å². The molecule has 1 spiro atoms. The summed E-state index contributed by atoms with van der Waals surface area (Å²) in [4.78, 5) is 44.5. The fraction of sp³-hybridized carbons (Fsp3) is 0.571. The highest BCUT2D eigenvalue weighted by Crippen LogP contribution is 2.47. The lowest BCUT2D eigenvalue weighted by Crippen LogP contribution is -2.49. The fourth-order valence-corrected chi connectivity index (χ4v) is 6.50. The number of nitriles is 1. The molecule has 3 atom stereocenters. The summed E-state index contributed by atoms with van der Waals surface area (Å²) in [7, 11) is 1.60. The number of likely N-dealkylation sites (tertiary alicyclic amines) is 1. The molecule has 2 aliphatic heterocycles. The Kier molecular flexibility index (Phi) is 7.09. The topological polar surface area (TPSA) is 127 Å². The van der Waals surface area contributed by atoms with Crippen LogP contribution in [0.3, 0.4) is 0 Å². The number of ether oxygens (including phenoxy) is 1. The molecule has 9 heteroatoms. The Morgan fingerprint density at radius 3 is 2.81 bits per heavy atom. The molecule has 37 heavy (non-hydrogen) atoms. The Labute approximate surface area is 216 Å². The number of fused-ring (bicyclic) bond motifs is 1. The monoisotopic (exact) mass is 505 g/mol. The molecule has 5 rings (SSSR count). The molecule has 2 aromatic rings. The van der Waals surface area contributed by atoms with Gasteiger partial charge in [0.2, 0.25) is 11.8 Å². The van der Waals surface area contributed by atoms with E-state index in [0.717, 1.165) is 43.0 Å². The van der Waals surface area contributed by atoms with Crippen LogP contribution in [0.1, 0.15) is 68.3 Å². The molecule has 3 aliphatic rings. The SMILES string of the molecule is COc1cccc2[nH]c(C(=O)N3CC4(CCCCC4)CC3C(=O)N[C@H](C#N)CC3CCCNC3=O)cc12. The first-order valence-electron chi connectivity index (χ1n) is 13.4. The molecular weight excluding hydrogens is 470 g/mol. The van der Waals surface area contributed by atoms with Crippen LogP contribution in [0.2, 0.25) is 0 Å². The minimum atomic E-state index is -0.779. The van der Waals surface area contributed by atoms with Gasteiger partial charge >= 0.3 is 0 Å². The van der Waals surface area contributed by atoms with E-state index >= 15 is 0 Å². The number of hydrogen-bond donors (Lipinski definition) is 3. The van der Waals surface area contributed by atoms with E-state index in [1.165, 1.54) is 6.42 Å². The molecule has 2 saturated heterocycles. The number of amides is 3. The first-order chi connectivity index (χ1) is 17.9. The number of nitrogens with zero attached hydrogens (tertiary/aromatic N) is 2. The number of methoxy groups -OCH3 is 1. The van der Waals surface area contributed by atoms with Crippen molar-refractivity contribution in [2.75, 3.05) is 20.2 Å². The van der Waals surface area contributed by atoms with Gasteiger partial charge < -0.3 is 25.3 Å². The average molecular weight is 506 g/mol. The lowest BCUT2D eigenvalue weighted by Gasteiger charge is -2.32. The molecule has 1 saturated carbocycles. The van der Waals surface area contributed by atoms with Gasteiger partial charge in [0.15, 0.2) is 0 Å². The third kappa shape index (κ3) is 5.02. The predicted molar refractivity (Wildman–Crippen MR) is 138 cm³/mol. The van der Waals surface area contributed by atoms with E-state index in [0.29, 0.717) is 37.4 Å². The first-order valence-corrected chi connectivity index (χ1v) is 13.4. The van der Waals surface area contributed by atoms with Gasteiger partial charge in [-0.25, -0.2) is 0 Å². The van der Waals surface area contributed by atoms with Crippen molar-refractivity contribution >= 4 is 28.6 Å². The molecule has 3 heterocycles. The zero-order chi connectivity index (χ0) is 26.0. The van der Waals surface area contributed by atoms with Gasteiger partial charge in [0, 0.05) is 29.9 Å². The molecule has 0 bridgehead atoms. The summed E-state index contributed by atoms with van der Waals surface area (Å²) >= 11 is 0. The Morgan fingerprint density at radius 1 is 1.27 bits per heavy atom. The van der Waals surface area contributed by atoms with Crippen LogP contribution in [-0.4, -0.2) is 59.9 Å². The number of hydrogen-bond acceptors (Lipinski definition) is 5. The summed E-state index contributed by atoms with van der Waals surface area (Å²) in [6.45, 7) is 1.18. The number of aromatic amines is 1. The number of carbonyl (C=O) groups excluding carboxylic acids is 3. The van der Waals surface area contributed by atoms with E-state index in [2.05, 4.69) is 21.7 Å². The van der Waals surface area contributed by atoms with Crippen molar-refractivity contribution in [1.29, 1.82) is 5.26 Å². The zero-order valence-corrected chi connectivity index (χ0v) is 21.3. The van der Waals surface area contributed by atoms with Gasteiger partial charge in [0.1, 0.15) is 23.5 Å². The second kappa shape index (κ2) is 10.4. The van der Waals surface area contributed by atoms with Gasteiger partial charge in [-0.05, 0) is 62.1 Å². The van der Waals surface area contributed by atoms with Crippen molar-refractivity contribution in [1.82, 2.24) is 20.5 Å². The van der Waals surface area contributed by atoms with E-state index in [1.54, 1.807) is 18.1 Å². The van der Waals surface area contributed by atoms with E-state index in [4.69, 9.17) is 4.74 Å². The minimum Gasteiger partial charge on any atom is -0.496 e. The molecule has 1 aromatic heterocycles. The van der Waals surface area contributed by atoms with Crippen LogP contribution < -0.4 is 15.4 Å². The van der Waals surface area contributed by atoms with E-state index < -0.39 is 12.1 Å². The normalized spacial score (nSPS) is 23.9. The van der Waals surface area contributed by atoms with E-state index in [1.807, 2.05) is 18.2 Å². The highest BCUT2D eigenvalue weighted by Gasteiger charge is 2.49. The number of nitrogens with one attached hydrogen (secondary N) is 3. The van der Waals surface area contributed by atoms with Crippen LogP contribution in [0.4, 0.5) is 0 Å². The second-order valence-corrected chi connectivity index (χ2v) is 10.9. The maximum Gasteiger partial charge on any atom is 0.271 e. The summed E-state index contributed by atoms with van der Waals surface area (Å²) in [5.41, 5.74) is 1.14. The van der Waals surface area contributed by atoms with Gasteiger partial charge in [-0.15, -0.1) is 0 Å². The summed E-state index contributed by atoms with van der Waals surface area (Å²) < 4.78 is 5.45. The molecular formula is C28H35N5O4. The Hall–Kier alpha value is -3.54. The van der Waals surface area contributed by atoms with Crippen LogP contribution in [0.15, 0.2) is 24.3 Å². The van der Waals surface area contributed by atoms with Crippen LogP contribution >= 0.6 is 0 Å². The quantitative estimate of drug-likeness (QED) is 0.555. The Balaban J connectivity index is 1.38. The third-order valence-electron chi connectivity index (χ3n) is 8.45. The van der Waals surface area contributed by atoms with E-state index in [-0.39, 0.29) is 35.5 Å². The maximum absolute atomic E-state index is 13.8. The second-order valence-electron chi connectivity index (χ2n) is 10.9. The molecule has 9 nitrogen and oxygen atoms in total. The fourth-order valence-electron chi connectivity index (χ4n) is 6.50. The number of H-pyrrole nitrogens is 1. The third-order valence-corrected chi connectivity index (χ3v) is 8.45. The number of piperidine rings is 1. The number of rotatable bonds is 6. The lowest BCUT2D eigenvalue weighted by molar-refractivity contribution is -0.128. The van der Waals surface area contributed by atoms with Crippen molar-refractivity contribution in [3.63, 3.8) is 0 Å². The summed E-state index contributed by atoms with van der Waals surface area (Å²) in [6.07, 6.45) is 7.80. The van der Waals surface area contributed by atoms with Crippen molar-refractivity contribution in [3.05, 3.63) is 30.0 Å². The van der Waals surface area contributed by atoms with Crippen LogP contribution in [0, 0.1) is 22.7 Å². The largest absolute Gasteiger partial charge is 0.496 e. The summed E-state index contributed by atoms with van der Waals surface area (Å²) in [6, 6.07) is 8.13. The van der Waals surface area contributed by atoms with Gasteiger partial charge in [-0.3, -0.25) is 14.4 Å². The summed E-state index contributed by atoms with van der Waals surface area (Å²) in [5.74, 6) is -0.205. The van der Waals surface area contributed by atoms with Gasteiger partial charge in [0.05, 0.1) is 13.2 Å². The lowest BCUT2D eigenvalue weighted by atomic mass is 9.72. The zero-order valence-electron chi connectivity index (χ0n) is 21.3. The van der Waals surface area contributed by atoms with Crippen LogP contribution in [0.25, 0.3) is 10.9 Å². The van der Waals surface area contributed by atoms with Crippen molar-refractivity contribution in [3.8, 4) is 11.8 Å². The minimum absolute atomic E-state index is 0.0613. The number of aromatic nitrogens is 1. The standard InChI is InChI=1S/C28H35N5O4/c1-37-24-9-5-8-21-20(24)14-22(32-21)27(36)33-17-28(10-3-2-4-11-28)15-23(33)26(35)31-19(16-29)13-18-7-6-12-30-25(18)34/h5,8-9,14,18-19,23,32H,2-4,6-7,10-13,15,17H2,1H3,(H,30,34)(H,31,35)/t18?,19-,23?/m0/s1. The van der Waals surface area contributed by atoms with E-state index in [9.17, 15) is 19.6 Å². The number of carbonyl (C=O) groups is 3.